The Morgan fingerprint density at radius 2 is 1.96 bits per heavy atom. The van der Waals surface area contributed by atoms with Crippen LogP contribution in [0.2, 0.25) is 0 Å². The summed E-state index contributed by atoms with van der Waals surface area (Å²) in [7, 11) is 0. The first-order chi connectivity index (χ1) is 12.1. The molecule has 2 aromatic heterocycles. The lowest BCUT2D eigenvalue weighted by atomic mass is 10.0. The van der Waals surface area contributed by atoms with Gasteiger partial charge in [0.05, 0.1) is 18.9 Å². The molecule has 136 valence electrons. The molecule has 7 heteroatoms. The fourth-order valence-electron chi connectivity index (χ4n) is 3.16. The Balaban J connectivity index is 1.59. The van der Waals surface area contributed by atoms with Crippen LogP contribution >= 0.6 is 0 Å². The summed E-state index contributed by atoms with van der Waals surface area (Å²) in [6.45, 7) is 11.0. The summed E-state index contributed by atoms with van der Waals surface area (Å²) in [5.41, 5.74) is 0.964. The van der Waals surface area contributed by atoms with E-state index in [1.165, 1.54) is 0 Å². The second kappa shape index (κ2) is 8.40. The van der Waals surface area contributed by atoms with Gasteiger partial charge in [-0.05, 0) is 37.5 Å². The maximum atomic E-state index is 5.48. The monoisotopic (exact) mass is 344 g/mol. The van der Waals surface area contributed by atoms with Crippen molar-refractivity contribution in [2.24, 2.45) is 5.92 Å². The highest BCUT2D eigenvalue weighted by Crippen LogP contribution is 2.15. The van der Waals surface area contributed by atoms with Gasteiger partial charge < -0.3 is 10.1 Å². The van der Waals surface area contributed by atoms with E-state index in [1.807, 2.05) is 31.3 Å². The van der Waals surface area contributed by atoms with Crippen molar-refractivity contribution in [3.8, 4) is 5.82 Å². The van der Waals surface area contributed by atoms with E-state index in [-0.39, 0.29) is 0 Å². The summed E-state index contributed by atoms with van der Waals surface area (Å²) in [5.74, 6) is 2.19. The predicted molar refractivity (Wildman–Crippen MR) is 98.0 cm³/mol. The zero-order chi connectivity index (χ0) is 17.6. The molecule has 3 heterocycles. The molecular weight excluding hydrogens is 316 g/mol. The Bertz CT molecular complexity index is 648. The van der Waals surface area contributed by atoms with E-state index in [9.17, 15) is 0 Å². The highest BCUT2D eigenvalue weighted by molar-refractivity contribution is 5.36. The van der Waals surface area contributed by atoms with E-state index in [0.29, 0.717) is 12.0 Å². The zero-order valence-corrected chi connectivity index (χ0v) is 15.4. The Labute approximate surface area is 149 Å². The van der Waals surface area contributed by atoms with Gasteiger partial charge in [0.2, 0.25) is 0 Å². The van der Waals surface area contributed by atoms with E-state index in [2.05, 4.69) is 39.4 Å². The van der Waals surface area contributed by atoms with Crippen LogP contribution in [0.3, 0.4) is 0 Å². The molecule has 0 bridgehead atoms. The van der Waals surface area contributed by atoms with Crippen molar-refractivity contribution < 1.29 is 4.74 Å². The van der Waals surface area contributed by atoms with Gasteiger partial charge in [-0.3, -0.25) is 4.90 Å². The number of hydrogen-bond acceptors (Lipinski definition) is 6. The van der Waals surface area contributed by atoms with E-state index in [0.717, 1.165) is 56.6 Å². The summed E-state index contributed by atoms with van der Waals surface area (Å²) >= 11 is 0. The molecule has 0 aromatic carbocycles. The largest absolute Gasteiger partial charge is 0.379 e. The van der Waals surface area contributed by atoms with Crippen molar-refractivity contribution in [1.82, 2.24) is 24.9 Å². The number of nitrogens with one attached hydrogen (secondary N) is 1. The fourth-order valence-corrected chi connectivity index (χ4v) is 3.16. The minimum atomic E-state index is 0.485. The second-order valence-corrected chi connectivity index (χ2v) is 6.99. The van der Waals surface area contributed by atoms with E-state index in [4.69, 9.17) is 4.74 Å². The van der Waals surface area contributed by atoms with Crippen LogP contribution in [-0.4, -0.2) is 63.8 Å². The minimum absolute atomic E-state index is 0.485. The summed E-state index contributed by atoms with van der Waals surface area (Å²) in [6.07, 6.45) is 3.05. The van der Waals surface area contributed by atoms with Gasteiger partial charge in [-0.2, -0.15) is 5.10 Å². The molecule has 1 saturated heterocycles. The van der Waals surface area contributed by atoms with Gasteiger partial charge in [0.15, 0.2) is 5.82 Å². The number of hydrogen-bond donors (Lipinski definition) is 1. The smallest absolute Gasteiger partial charge is 0.175 e. The molecule has 1 fully saturated rings. The Morgan fingerprint density at radius 1 is 1.16 bits per heavy atom. The molecule has 1 aliphatic heterocycles. The van der Waals surface area contributed by atoms with Crippen molar-refractivity contribution >= 4 is 5.82 Å². The van der Waals surface area contributed by atoms with Gasteiger partial charge in [-0.1, -0.05) is 13.8 Å². The van der Waals surface area contributed by atoms with Crippen LogP contribution in [0, 0.1) is 12.8 Å². The van der Waals surface area contributed by atoms with Gasteiger partial charge >= 0.3 is 0 Å². The Kier molecular flexibility index (Phi) is 5.99. The SMILES string of the molecule is Cc1ccn(-c2ccc(NCC(CC(C)C)N3CCOCC3)nn2)n1. The average molecular weight is 344 g/mol. The van der Waals surface area contributed by atoms with E-state index in [1.54, 1.807) is 4.68 Å². The first kappa shape index (κ1) is 17.8. The molecule has 25 heavy (non-hydrogen) atoms. The normalized spacial score (nSPS) is 17.0. The second-order valence-electron chi connectivity index (χ2n) is 6.99. The van der Waals surface area contributed by atoms with E-state index >= 15 is 0 Å². The molecule has 0 aliphatic carbocycles. The van der Waals surface area contributed by atoms with Crippen molar-refractivity contribution in [3.63, 3.8) is 0 Å². The lowest BCUT2D eigenvalue weighted by Crippen LogP contribution is -2.47. The maximum Gasteiger partial charge on any atom is 0.175 e. The van der Waals surface area contributed by atoms with Gasteiger partial charge in [-0.15, -0.1) is 10.2 Å². The number of ether oxygens (including phenoxy) is 1. The van der Waals surface area contributed by atoms with Crippen LogP contribution in [0.1, 0.15) is 26.0 Å². The summed E-state index contributed by atoms with van der Waals surface area (Å²) in [4.78, 5) is 2.52. The number of rotatable bonds is 7. The molecule has 1 aliphatic rings. The van der Waals surface area contributed by atoms with Crippen molar-refractivity contribution in [2.75, 3.05) is 38.2 Å². The minimum Gasteiger partial charge on any atom is -0.379 e. The topological polar surface area (TPSA) is 68.1 Å². The molecule has 1 unspecified atom stereocenters. The molecular formula is C18H28N6O. The van der Waals surface area contributed by atoms with Gasteiger partial charge in [-0.25, -0.2) is 4.68 Å². The molecule has 1 atom stereocenters. The number of nitrogens with zero attached hydrogens (tertiary/aromatic N) is 5. The van der Waals surface area contributed by atoms with E-state index < -0.39 is 0 Å². The number of anilines is 1. The standard InChI is InChI=1S/C18H28N6O/c1-14(2)12-16(23-8-10-25-11-9-23)13-19-17-4-5-18(21-20-17)24-7-6-15(3)22-24/h4-7,14,16H,8-13H2,1-3H3,(H,19,20). The van der Waals surface area contributed by atoms with Crippen LogP contribution < -0.4 is 5.32 Å². The average Bonchev–Trinajstić information content (AvgIpc) is 3.06. The lowest BCUT2D eigenvalue weighted by molar-refractivity contribution is 0.0150. The third-order valence-electron chi connectivity index (χ3n) is 4.43. The lowest BCUT2D eigenvalue weighted by Gasteiger charge is -2.35. The third-order valence-corrected chi connectivity index (χ3v) is 4.43. The van der Waals surface area contributed by atoms with Crippen molar-refractivity contribution in [2.45, 2.75) is 33.2 Å². The predicted octanol–water partition coefficient (Wildman–Crippen LogP) is 2.13. The zero-order valence-electron chi connectivity index (χ0n) is 15.4. The number of aryl methyl sites for hydroxylation is 1. The quantitative estimate of drug-likeness (QED) is 0.830. The first-order valence-electron chi connectivity index (χ1n) is 9.04. The van der Waals surface area contributed by atoms with Crippen LogP contribution in [0.5, 0.6) is 0 Å². The highest BCUT2D eigenvalue weighted by Gasteiger charge is 2.21. The molecule has 1 N–H and O–H groups in total. The van der Waals surface area contributed by atoms with Crippen LogP contribution in [0.15, 0.2) is 24.4 Å². The Hall–Kier alpha value is -1.99. The van der Waals surface area contributed by atoms with Crippen LogP contribution in [0.4, 0.5) is 5.82 Å². The molecule has 0 amide bonds. The first-order valence-corrected chi connectivity index (χ1v) is 9.04. The summed E-state index contributed by atoms with van der Waals surface area (Å²) in [5, 5.41) is 16.4. The van der Waals surface area contributed by atoms with Crippen molar-refractivity contribution in [3.05, 3.63) is 30.1 Å². The molecule has 0 radical (unpaired) electrons. The summed E-state index contributed by atoms with van der Waals surface area (Å²) < 4.78 is 7.22. The highest BCUT2D eigenvalue weighted by atomic mass is 16.5. The Morgan fingerprint density at radius 3 is 2.56 bits per heavy atom. The third kappa shape index (κ3) is 4.99. The number of morpholine rings is 1. The molecule has 0 saturated carbocycles. The maximum absolute atomic E-state index is 5.48. The van der Waals surface area contributed by atoms with Gasteiger partial charge in [0.25, 0.3) is 0 Å². The molecule has 7 nitrogen and oxygen atoms in total. The van der Waals surface area contributed by atoms with Crippen LogP contribution in [-0.2, 0) is 4.74 Å². The molecule has 2 aromatic rings. The number of aromatic nitrogens is 4. The summed E-state index contributed by atoms with van der Waals surface area (Å²) in [6, 6.07) is 6.34. The van der Waals surface area contributed by atoms with Crippen LogP contribution in [0.25, 0.3) is 5.82 Å². The molecule has 3 rings (SSSR count). The van der Waals surface area contributed by atoms with Crippen molar-refractivity contribution in [1.29, 1.82) is 0 Å². The molecule has 0 spiro atoms. The van der Waals surface area contributed by atoms with Gasteiger partial charge in [0.1, 0.15) is 5.82 Å². The van der Waals surface area contributed by atoms with Gasteiger partial charge in [0, 0.05) is 31.9 Å². The fraction of sp³-hybridized carbons (Fsp3) is 0.611.